The highest BCUT2D eigenvalue weighted by Gasteiger charge is 2.08. The Morgan fingerprint density at radius 3 is 2.71 bits per heavy atom. The smallest absolute Gasteiger partial charge is 0.232 e. The number of nitrogen functional groups attached to an aromatic ring is 1. The van der Waals surface area contributed by atoms with Gasteiger partial charge in [0.05, 0.1) is 18.2 Å². The molecule has 1 aromatic rings. The molecule has 0 atom stereocenters. The molecule has 0 radical (unpaired) electrons. The van der Waals surface area contributed by atoms with Crippen LogP contribution in [0.1, 0.15) is 6.42 Å². The van der Waals surface area contributed by atoms with Crippen molar-refractivity contribution < 1.29 is 4.79 Å². The fraction of sp³-hybridized carbons (Fsp3) is 0.333. The number of benzene rings is 1. The monoisotopic (exact) mass is 249 g/mol. The molecule has 1 amide bonds. The summed E-state index contributed by atoms with van der Waals surface area (Å²) in [4.78, 5) is 14.3. The van der Waals surface area contributed by atoms with Crippen LogP contribution in [0.3, 0.4) is 0 Å². The molecule has 0 heterocycles. The van der Waals surface area contributed by atoms with Crippen molar-refractivity contribution in [2.24, 2.45) is 0 Å². The topological polar surface area (TPSA) is 70.1 Å². The average Bonchev–Trinajstić information content (AvgIpc) is 2.34. The van der Waals surface area contributed by atoms with Crippen LogP contribution in [-0.4, -0.2) is 30.2 Å². The van der Waals surface area contributed by atoms with Crippen LogP contribution in [0.15, 0.2) is 29.2 Å². The predicted octanol–water partition coefficient (Wildman–Crippen LogP) is 1.73. The standard InChI is InChI=1S/C12H15N3OS/c1-15(8-2-7-13)12(16)9-17-11-5-3-10(14)4-6-11/h3-6H,2,8-9,14H2,1H3. The Morgan fingerprint density at radius 1 is 1.47 bits per heavy atom. The molecule has 1 rings (SSSR count). The molecule has 5 heteroatoms. The second kappa shape index (κ2) is 6.81. The van der Waals surface area contributed by atoms with Gasteiger partial charge in [-0.1, -0.05) is 0 Å². The van der Waals surface area contributed by atoms with E-state index in [9.17, 15) is 4.79 Å². The van der Waals surface area contributed by atoms with Crippen LogP contribution in [0.5, 0.6) is 0 Å². The van der Waals surface area contributed by atoms with E-state index < -0.39 is 0 Å². The zero-order valence-electron chi connectivity index (χ0n) is 9.72. The van der Waals surface area contributed by atoms with Crippen LogP contribution in [0.4, 0.5) is 5.69 Å². The summed E-state index contributed by atoms with van der Waals surface area (Å²) in [5.74, 6) is 0.410. The van der Waals surface area contributed by atoms with Crippen molar-refractivity contribution in [3.63, 3.8) is 0 Å². The van der Waals surface area contributed by atoms with Crippen molar-refractivity contribution in [1.29, 1.82) is 5.26 Å². The van der Waals surface area contributed by atoms with Gasteiger partial charge in [-0.2, -0.15) is 5.26 Å². The number of carbonyl (C=O) groups is 1. The number of anilines is 1. The van der Waals surface area contributed by atoms with Gasteiger partial charge >= 0.3 is 0 Å². The second-order valence-corrected chi connectivity index (χ2v) is 4.63. The summed E-state index contributed by atoms with van der Waals surface area (Å²) < 4.78 is 0. The quantitative estimate of drug-likeness (QED) is 0.637. The second-order valence-electron chi connectivity index (χ2n) is 3.58. The van der Waals surface area contributed by atoms with Crippen molar-refractivity contribution >= 4 is 23.4 Å². The van der Waals surface area contributed by atoms with Gasteiger partial charge in [0, 0.05) is 24.2 Å². The molecule has 0 aliphatic rings. The fourth-order valence-electron chi connectivity index (χ4n) is 1.16. The van der Waals surface area contributed by atoms with Gasteiger partial charge in [0.2, 0.25) is 5.91 Å². The molecule has 0 aromatic heterocycles. The molecular weight excluding hydrogens is 234 g/mol. The highest BCUT2D eigenvalue weighted by Crippen LogP contribution is 2.19. The third-order valence-corrected chi connectivity index (χ3v) is 3.22. The zero-order chi connectivity index (χ0) is 12.7. The minimum absolute atomic E-state index is 0.0297. The molecule has 17 heavy (non-hydrogen) atoms. The van der Waals surface area contributed by atoms with Crippen LogP contribution < -0.4 is 5.73 Å². The predicted molar refractivity (Wildman–Crippen MR) is 69.4 cm³/mol. The third kappa shape index (κ3) is 4.79. The van der Waals surface area contributed by atoms with E-state index in [1.165, 1.54) is 11.8 Å². The average molecular weight is 249 g/mol. The van der Waals surface area contributed by atoms with Gasteiger partial charge in [0.15, 0.2) is 0 Å². The summed E-state index contributed by atoms with van der Waals surface area (Å²) >= 11 is 1.47. The highest BCUT2D eigenvalue weighted by atomic mass is 32.2. The third-order valence-electron chi connectivity index (χ3n) is 2.23. The van der Waals surface area contributed by atoms with Crippen LogP contribution in [0.2, 0.25) is 0 Å². The summed E-state index contributed by atoms with van der Waals surface area (Å²) in [6, 6.07) is 9.43. The highest BCUT2D eigenvalue weighted by molar-refractivity contribution is 8.00. The zero-order valence-corrected chi connectivity index (χ0v) is 10.5. The maximum atomic E-state index is 11.7. The lowest BCUT2D eigenvalue weighted by atomic mass is 10.3. The Morgan fingerprint density at radius 2 is 2.12 bits per heavy atom. The van der Waals surface area contributed by atoms with Gasteiger partial charge in [-0.05, 0) is 24.3 Å². The maximum Gasteiger partial charge on any atom is 0.232 e. The number of nitrogens with zero attached hydrogens (tertiary/aromatic N) is 2. The van der Waals surface area contributed by atoms with E-state index in [1.807, 2.05) is 30.3 Å². The minimum Gasteiger partial charge on any atom is -0.399 e. The fourth-order valence-corrected chi connectivity index (χ4v) is 2.00. The molecule has 0 fully saturated rings. The van der Waals surface area contributed by atoms with Crippen LogP contribution in [0, 0.1) is 11.3 Å². The van der Waals surface area contributed by atoms with Gasteiger partial charge in [-0.25, -0.2) is 0 Å². The summed E-state index contributed by atoms with van der Waals surface area (Å²) in [5.41, 5.74) is 6.29. The molecule has 0 saturated heterocycles. The SMILES string of the molecule is CN(CCC#N)C(=O)CSc1ccc(N)cc1. The lowest BCUT2D eigenvalue weighted by molar-refractivity contribution is -0.127. The number of rotatable bonds is 5. The Bertz CT molecular complexity index is 411. The van der Waals surface area contributed by atoms with E-state index in [4.69, 9.17) is 11.0 Å². The van der Waals surface area contributed by atoms with Gasteiger partial charge in [0.25, 0.3) is 0 Å². The van der Waals surface area contributed by atoms with Crippen molar-refractivity contribution in [2.45, 2.75) is 11.3 Å². The van der Waals surface area contributed by atoms with Gasteiger partial charge in [0.1, 0.15) is 0 Å². The Kier molecular flexibility index (Phi) is 5.37. The number of nitriles is 1. The van der Waals surface area contributed by atoms with Crippen LogP contribution >= 0.6 is 11.8 Å². The van der Waals surface area contributed by atoms with Gasteiger partial charge in [-0.15, -0.1) is 11.8 Å². The molecule has 0 saturated carbocycles. The minimum atomic E-state index is 0.0297. The van der Waals surface area contributed by atoms with Crippen LogP contribution in [0.25, 0.3) is 0 Å². The Labute approximate surface area is 105 Å². The van der Waals surface area contributed by atoms with Crippen molar-refractivity contribution in [3.8, 4) is 6.07 Å². The molecular formula is C12H15N3OS. The summed E-state index contributed by atoms with van der Waals surface area (Å²) in [5, 5.41) is 8.43. The number of nitrogens with two attached hydrogens (primary N) is 1. The van der Waals surface area contributed by atoms with E-state index in [0.29, 0.717) is 24.4 Å². The van der Waals surface area contributed by atoms with Crippen molar-refractivity contribution in [1.82, 2.24) is 4.90 Å². The number of hydrogen-bond donors (Lipinski definition) is 1. The summed E-state index contributed by atoms with van der Waals surface area (Å²) in [7, 11) is 1.71. The molecule has 0 aliphatic carbocycles. The van der Waals surface area contributed by atoms with E-state index in [2.05, 4.69) is 0 Å². The first-order valence-electron chi connectivity index (χ1n) is 5.22. The largest absolute Gasteiger partial charge is 0.399 e. The molecule has 1 aromatic carbocycles. The van der Waals surface area contributed by atoms with E-state index in [1.54, 1.807) is 11.9 Å². The van der Waals surface area contributed by atoms with E-state index in [0.717, 1.165) is 4.90 Å². The van der Waals surface area contributed by atoms with E-state index in [-0.39, 0.29) is 5.91 Å². The summed E-state index contributed by atoms with van der Waals surface area (Å²) in [6.07, 6.45) is 0.370. The molecule has 0 aliphatic heterocycles. The number of amides is 1. The van der Waals surface area contributed by atoms with Crippen LogP contribution in [-0.2, 0) is 4.79 Å². The molecule has 2 N–H and O–H groups in total. The normalized spacial score (nSPS) is 9.65. The van der Waals surface area contributed by atoms with Crippen molar-refractivity contribution in [3.05, 3.63) is 24.3 Å². The van der Waals surface area contributed by atoms with Crippen molar-refractivity contribution in [2.75, 3.05) is 25.1 Å². The van der Waals surface area contributed by atoms with Gasteiger partial charge in [-0.3, -0.25) is 4.79 Å². The number of carbonyl (C=O) groups excluding carboxylic acids is 1. The molecule has 4 nitrogen and oxygen atoms in total. The lowest BCUT2D eigenvalue weighted by Gasteiger charge is -2.14. The number of thioether (sulfide) groups is 1. The first-order valence-corrected chi connectivity index (χ1v) is 6.21. The Balaban J connectivity index is 2.37. The van der Waals surface area contributed by atoms with Gasteiger partial charge < -0.3 is 10.6 Å². The summed E-state index contributed by atoms with van der Waals surface area (Å²) in [6.45, 7) is 0.484. The molecule has 0 spiro atoms. The molecule has 0 unspecified atom stereocenters. The lowest BCUT2D eigenvalue weighted by Crippen LogP contribution is -2.29. The Hall–Kier alpha value is -1.67. The first-order chi connectivity index (χ1) is 8.13. The first kappa shape index (κ1) is 13.4. The van der Waals surface area contributed by atoms with E-state index >= 15 is 0 Å². The molecule has 90 valence electrons. The molecule has 0 bridgehead atoms. The maximum absolute atomic E-state index is 11.7. The number of hydrogen-bond acceptors (Lipinski definition) is 4.